The average Bonchev–Trinajstić information content (AvgIpc) is 2.79. The predicted molar refractivity (Wildman–Crippen MR) is 128 cm³/mol. The average molecular weight is 467 g/mol. The molecule has 0 aromatic heterocycles. The molecule has 0 unspecified atom stereocenters. The molecule has 0 saturated heterocycles. The Kier molecular flexibility index (Phi) is 6.29. The summed E-state index contributed by atoms with van der Waals surface area (Å²) in [6, 6.07) is 18.9. The van der Waals surface area contributed by atoms with Gasteiger partial charge < -0.3 is 14.8 Å². The van der Waals surface area contributed by atoms with Crippen LogP contribution in [0.25, 0.3) is 0 Å². The summed E-state index contributed by atoms with van der Waals surface area (Å²) in [5.41, 5.74) is 2.83. The largest absolute Gasteiger partial charge is 0.494 e. The Labute approximate surface area is 194 Å². The summed E-state index contributed by atoms with van der Waals surface area (Å²) in [5.74, 6) is 0.614. The molecular weight excluding hydrogens is 440 g/mol. The van der Waals surface area contributed by atoms with Crippen LogP contribution >= 0.6 is 0 Å². The number of hydrogen-bond donors (Lipinski definition) is 1. The van der Waals surface area contributed by atoms with E-state index in [0.29, 0.717) is 29.5 Å². The van der Waals surface area contributed by atoms with Crippen molar-refractivity contribution in [3.8, 4) is 11.5 Å². The number of nitrogens with zero attached hydrogens (tertiary/aromatic N) is 1. The van der Waals surface area contributed by atoms with Gasteiger partial charge in [-0.05, 0) is 74.9 Å². The molecule has 0 radical (unpaired) electrons. The first kappa shape index (κ1) is 22.7. The van der Waals surface area contributed by atoms with Gasteiger partial charge in [0.15, 0.2) is 6.10 Å². The fourth-order valence-corrected chi connectivity index (χ4v) is 5.06. The SMILES string of the molecule is CCOc1ccc(NC(=O)[C@H]2CN(S(=O)(=O)c3ccc(C)cc3)c3ccc(C)cc3O2)cc1. The van der Waals surface area contributed by atoms with E-state index >= 15 is 0 Å². The van der Waals surface area contributed by atoms with Gasteiger partial charge in [0.05, 0.1) is 23.7 Å². The van der Waals surface area contributed by atoms with Crippen molar-refractivity contribution in [1.29, 1.82) is 0 Å². The zero-order chi connectivity index (χ0) is 23.6. The molecule has 0 fully saturated rings. The van der Waals surface area contributed by atoms with Crippen molar-refractivity contribution in [1.82, 2.24) is 0 Å². The highest BCUT2D eigenvalue weighted by Crippen LogP contribution is 2.38. The molecule has 3 aromatic rings. The van der Waals surface area contributed by atoms with Gasteiger partial charge in [0.1, 0.15) is 11.5 Å². The quantitative estimate of drug-likeness (QED) is 0.586. The van der Waals surface area contributed by atoms with Gasteiger partial charge in [-0.1, -0.05) is 23.8 Å². The third-order valence-corrected chi connectivity index (χ3v) is 7.11. The van der Waals surface area contributed by atoms with Crippen molar-refractivity contribution in [3.05, 3.63) is 77.9 Å². The van der Waals surface area contributed by atoms with Crippen molar-refractivity contribution in [2.45, 2.75) is 31.8 Å². The number of sulfonamides is 1. The molecule has 0 aliphatic carbocycles. The summed E-state index contributed by atoms with van der Waals surface area (Å²) >= 11 is 0. The lowest BCUT2D eigenvalue weighted by atomic mass is 10.1. The Balaban J connectivity index is 1.63. The first-order valence-electron chi connectivity index (χ1n) is 10.7. The number of nitrogens with one attached hydrogen (secondary N) is 1. The van der Waals surface area contributed by atoms with Crippen molar-refractivity contribution in [3.63, 3.8) is 0 Å². The second-order valence-electron chi connectivity index (χ2n) is 7.87. The van der Waals surface area contributed by atoms with E-state index < -0.39 is 22.0 Å². The number of amides is 1. The lowest BCUT2D eigenvalue weighted by molar-refractivity contribution is -0.122. The lowest BCUT2D eigenvalue weighted by Crippen LogP contribution is -2.48. The van der Waals surface area contributed by atoms with Gasteiger partial charge in [-0.25, -0.2) is 8.42 Å². The molecular formula is C25H26N2O5S. The monoisotopic (exact) mass is 466 g/mol. The fraction of sp³-hybridized carbons (Fsp3) is 0.240. The third kappa shape index (κ3) is 4.80. The van der Waals surface area contributed by atoms with Gasteiger partial charge >= 0.3 is 0 Å². The second kappa shape index (κ2) is 9.15. The molecule has 0 bridgehead atoms. The molecule has 172 valence electrons. The minimum Gasteiger partial charge on any atom is -0.494 e. The van der Waals surface area contributed by atoms with Gasteiger partial charge in [-0.3, -0.25) is 9.10 Å². The van der Waals surface area contributed by atoms with Crippen LogP contribution in [-0.2, 0) is 14.8 Å². The molecule has 1 aliphatic heterocycles. The summed E-state index contributed by atoms with van der Waals surface area (Å²) in [7, 11) is -3.90. The topological polar surface area (TPSA) is 84.9 Å². The number of fused-ring (bicyclic) bond motifs is 1. The molecule has 1 N–H and O–H groups in total. The lowest BCUT2D eigenvalue weighted by Gasteiger charge is -2.35. The molecule has 8 heteroatoms. The molecule has 0 spiro atoms. The summed E-state index contributed by atoms with van der Waals surface area (Å²) in [6.45, 7) is 6.07. The summed E-state index contributed by atoms with van der Waals surface area (Å²) in [4.78, 5) is 13.2. The number of carbonyl (C=O) groups is 1. The van der Waals surface area contributed by atoms with E-state index in [1.165, 1.54) is 4.31 Å². The smallest absolute Gasteiger partial charge is 0.267 e. The van der Waals surface area contributed by atoms with Crippen LogP contribution in [0, 0.1) is 13.8 Å². The van der Waals surface area contributed by atoms with E-state index in [2.05, 4.69) is 5.32 Å². The summed E-state index contributed by atoms with van der Waals surface area (Å²) < 4.78 is 39.6. The van der Waals surface area contributed by atoms with Crippen LogP contribution < -0.4 is 19.1 Å². The molecule has 1 heterocycles. The van der Waals surface area contributed by atoms with Crippen LogP contribution in [0.5, 0.6) is 11.5 Å². The van der Waals surface area contributed by atoms with E-state index in [1.54, 1.807) is 60.7 Å². The highest BCUT2D eigenvalue weighted by atomic mass is 32.2. The molecule has 7 nitrogen and oxygen atoms in total. The summed E-state index contributed by atoms with van der Waals surface area (Å²) in [5, 5.41) is 2.80. The number of hydrogen-bond acceptors (Lipinski definition) is 5. The third-order valence-electron chi connectivity index (χ3n) is 5.32. The molecule has 4 rings (SSSR count). The van der Waals surface area contributed by atoms with Crippen LogP contribution in [0.2, 0.25) is 0 Å². The first-order chi connectivity index (χ1) is 15.8. The summed E-state index contributed by atoms with van der Waals surface area (Å²) in [6.07, 6.45) is -1.02. The van der Waals surface area contributed by atoms with Crippen molar-refractivity contribution >= 4 is 27.3 Å². The maximum atomic E-state index is 13.5. The zero-order valence-electron chi connectivity index (χ0n) is 18.7. The molecule has 1 atom stereocenters. The van der Waals surface area contributed by atoms with Crippen molar-refractivity contribution < 1.29 is 22.7 Å². The van der Waals surface area contributed by atoms with E-state index in [-0.39, 0.29) is 11.4 Å². The highest BCUT2D eigenvalue weighted by Gasteiger charge is 2.37. The minimum absolute atomic E-state index is 0.144. The van der Waals surface area contributed by atoms with Crippen LogP contribution in [-0.4, -0.2) is 33.6 Å². The second-order valence-corrected chi connectivity index (χ2v) is 9.74. The number of rotatable bonds is 6. The number of aryl methyl sites for hydroxylation is 2. The van der Waals surface area contributed by atoms with E-state index in [9.17, 15) is 13.2 Å². The van der Waals surface area contributed by atoms with Gasteiger partial charge in [-0.2, -0.15) is 0 Å². The zero-order valence-corrected chi connectivity index (χ0v) is 19.6. The number of ether oxygens (including phenoxy) is 2. The first-order valence-corrected chi connectivity index (χ1v) is 12.1. The minimum atomic E-state index is -3.90. The Morgan fingerprint density at radius 1 is 1.03 bits per heavy atom. The molecule has 1 aliphatic rings. The highest BCUT2D eigenvalue weighted by molar-refractivity contribution is 7.92. The van der Waals surface area contributed by atoms with Crippen LogP contribution in [0.3, 0.4) is 0 Å². The Morgan fingerprint density at radius 3 is 2.36 bits per heavy atom. The van der Waals surface area contributed by atoms with E-state index in [1.807, 2.05) is 26.8 Å². The maximum absolute atomic E-state index is 13.5. The Morgan fingerprint density at radius 2 is 1.70 bits per heavy atom. The predicted octanol–water partition coefficient (Wildman–Crippen LogP) is 4.30. The van der Waals surface area contributed by atoms with Crippen LogP contribution in [0.15, 0.2) is 71.6 Å². The van der Waals surface area contributed by atoms with Crippen molar-refractivity contribution in [2.24, 2.45) is 0 Å². The number of carbonyl (C=O) groups excluding carboxylic acids is 1. The molecule has 3 aromatic carbocycles. The van der Waals surface area contributed by atoms with E-state index in [4.69, 9.17) is 9.47 Å². The number of anilines is 2. The van der Waals surface area contributed by atoms with Gasteiger partial charge in [0.2, 0.25) is 0 Å². The Bertz CT molecular complexity index is 1250. The maximum Gasteiger partial charge on any atom is 0.267 e. The number of benzene rings is 3. The van der Waals surface area contributed by atoms with Crippen LogP contribution in [0.4, 0.5) is 11.4 Å². The normalized spacial score (nSPS) is 15.4. The standard InChI is InChI=1S/C25H26N2O5S/c1-4-31-20-10-8-19(9-11-20)26-25(28)24-16-27(22-14-7-18(3)15-23(22)32-24)33(29,30)21-12-5-17(2)6-13-21/h5-15,24H,4,16H2,1-3H3,(H,26,28)/t24-/m1/s1. The van der Waals surface area contributed by atoms with Crippen LogP contribution in [0.1, 0.15) is 18.1 Å². The van der Waals surface area contributed by atoms with Gasteiger partial charge in [-0.15, -0.1) is 0 Å². The Hall–Kier alpha value is -3.52. The van der Waals surface area contributed by atoms with Crippen molar-refractivity contribution in [2.75, 3.05) is 22.8 Å². The molecule has 1 amide bonds. The van der Waals surface area contributed by atoms with Gasteiger partial charge in [0, 0.05) is 5.69 Å². The van der Waals surface area contributed by atoms with E-state index in [0.717, 1.165) is 11.1 Å². The van der Waals surface area contributed by atoms with Gasteiger partial charge in [0.25, 0.3) is 15.9 Å². The fourth-order valence-electron chi connectivity index (χ4n) is 3.59. The molecule has 33 heavy (non-hydrogen) atoms. The molecule has 0 saturated carbocycles.